The van der Waals surface area contributed by atoms with E-state index in [9.17, 15) is 4.39 Å². The van der Waals surface area contributed by atoms with Gasteiger partial charge in [-0.15, -0.1) is 10.2 Å². The largest absolute Gasteiger partial charge is 0.367 e. The first kappa shape index (κ1) is 20.1. The normalized spacial score (nSPS) is 17.6. The zero-order valence-electron chi connectivity index (χ0n) is 17.0. The Bertz CT molecular complexity index is 802. The standard InChI is InChI=1S/C20H30FN7/c1-4-19-26-24-14-28(19)11-9-23-20(22-3)25-16-6-5-10-27(13-16)18-12-15(2)7-8-17(18)21/h7-8,12,14,16H,4-6,9-11,13H2,1-3H3,(H2,22,23,25). The molecule has 1 aromatic carbocycles. The summed E-state index contributed by atoms with van der Waals surface area (Å²) in [7, 11) is 1.77. The molecule has 1 fully saturated rings. The van der Waals surface area contributed by atoms with Gasteiger partial charge in [0.25, 0.3) is 0 Å². The van der Waals surface area contributed by atoms with Crippen LogP contribution in [-0.2, 0) is 13.0 Å². The van der Waals surface area contributed by atoms with E-state index < -0.39 is 0 Å². The lowest BCUT2D eigenvalue weighted by Crippen LogP contribution is -2.51. The number of aliphatic imine (C=N–C) groups is 1. The van der Waals surface area contributed by atoms with Gasteiger partial charge in [0.2, 0.25) is 0 Å². The number of nitrogens with zero attached hydrogens (tertiary/aromatic N) is 5. The Morgan fingerprint density at radius 3 is 3.04 bits per heavy atom. The van der Waals surface area contributed by atoms with Crippen molar-refractivity contribution in [3.05, 3.63) is 41.7 Å². The van der Waals surface area contributed by atoms with Gasteiger partial charge in [-0.25, -0.2) is 4.39 Å². The first-order valence-corrected chi connectivity index (χ1v) is 9.95. The molecule has 1 aromatic heterocycles. The third-order valence-corrected chi connectivity index (χ3v) is 5.09. The summed E-state index contributed by atoms with van der Waals surface area (Å²) in [6, 6.07) is 5.51. The van der Waals surface area contributed by atoms with Crippen LogP contribution in [0.4, 0.5) is 10.1 Å². The van der Waals surface area contributed by atoms with Crippen molar-refractivity contribution in [3.8, 4) is 0 Å². The molecule has 8 heteroatoms. The number of aromatic nitrogens is 3. The first-order chi connectivity index (χ1) is 13.6. The van der Waals surface area contributed by atoms with Crippen LogP contribution in [0.2, 0.25) is 0 Å². The summed E-state index contributed by atoms with van der Waals surface area (Å²) in [6.45, 7) is 7.20. The molecule has 1 saturated heterocycles. The van der Waals surface area contributed by atoms with E-state index in [0.717, 1.165) is 62.8 Å². The second-order valence-electron chi connectivity index (χ2n) is 7.18. The Hall–Kier alpha value is -2.64. The van der Waals surface area contributed by atoms with Crippen LogP contribution < -0.4 is 15.5 Å². The maximum absolute atomic E-state index is 14.3. The van der Waals surface area contributed by atoms with Gasteiger partial charge in [-0.2, -0.15) is 0 Å². The number of guanidine groups is 1. The van der Waals surface area contributed by atoms with Crippen LogP contribution in [-0.4, -0.2) is 53.4 Å². The molecule has 152 valence electrons. The molecule has 1 aliphatic rings. The number of hydrogen-bond donors (Lipinski definition) is 2. The van der Waals surface area contributed by atoms with E-state index in [1.165, 1.54) is 0 Å². The molecule has 0 radical (unpaired) electrons. The molecule has 2 heterocycles. The highest BCUT2D eigenvalue weighted by molar-refractivity contribution is 5.80. The Kier molecular flexibility index (Phi) is 6.84. The van der Waals surface area contributed by atoms with E-state index in [0.29, 0.717) is 5.69 Å². The number of benzene rings is 1. The number of aryl methyl sites for hydroxylation is 2. The molecular formula is C20H30FN7. The number of hydrogen-bond acceptors (Lipinski definition) is 4. The molecule has 3 rings (SSSR count). The maximum atomic E-state index is 14.3. The summed E-state index contributed by atoms with van der Waals surface area (Å²) in [4.78, 5) is 6.46. The van der Waals surface area contributed by atoms with Gasteiger partial charge in [-0.1, -0.05) is 13.0 Å². The van der Waals surface area contributed by atoms with Gasteiger partial charge in [0, 0.05) is 45.7 Å². The van der Waals surface area contributed by atoms with Gasteiger partial charge in [0.15, 0.2) is 5.96 Å². The zero-order chi connectivity index (χ0) is 19.9. The minimum Gasteiger partial charge on any atom is -0.367 e. The fourth-order valence-electron chi connectivity index (χ4n) is 3.60. The van der Waals surface area contributed by atoms with Crippen molar-refractivity contribution in [1.82, 2.24) is 25.4 Å². The second kappa shape index (κ2) is 9.52. The predicted molar refractivity (Wildman–Crippen MR) is 110 cm³/mol. The van der Waals surface area contributed by atoms with Gasteiger partial charge < -0.3 is 20.1 Å². The van der Waals surface area contributed by atoms with Crippen LogP contribution in [0, 0.1) is 12.7 Å². The van der Waals surface area contributed by atoms with Crippen molar-refractivity contribution in [2.75, 3.05) is 31.6 Å². The highest BCUT2D eigenvalue weighted by Gasteiger charge is 2.22. The first-order valence-electron chi connectivity index (χ1n) is 9.95. The Morgan fingerprint density at radius 1 is 1.39 bits per heavy atom. The number of piperidine rings is 1. The highest BCUT2D eigenvalue weighted by Crippen LogP contribution is 2.24. The van der Waals surface area contributed by atoms with E-state index in [1.807, 2.05) is 23.6 Å². The molecular weight excluding hydrogens is 357 g/mol. The van der Waals surface area contributed by atoms with Gasteiger partial charge in [0.05, 0.1) is 5.69 Å². The van der Waals surface area contributed by atoms with Crippen molar-refractivity contribution in [1.29, 1.82) is 0 Å². The molecule has 0 amide bonds. The van der Waals surface area contributed by atoms with Crippen molar-refractivity contribution in [2.24, 2.45) is 4.99 Å². The average Bonchev–Trinajstić information content (AvgIpc) is 3.16. The van der Waals surface area contributed by atoms with E-state index in [4.69, 9.17) is 0 Å². The lowest BCUT2D eigenvalue weighted by molar-refractivity contribution is 0.462. The minimum absolute atomic E-state index is 0.158. The Balaban J connectivity index is 1.53. The van der Waals surface area contributed by atoms with Crippen molar-refractivity contribution in [3.63, 3.8) is 0 Å². The number of nitrogens with one attached hydrogen (secondary N) is 2. The molecule has 0 saturated carbocycles. The van der Waals surface area contributed by atoms with Gasteiger partial charge in [0.1, 0.15) is 18.0 Å². The number of rotatable bonds is 6. The molecule has 1 aliphatic heterocycles. The monoisotopic (exact) mass is 387 g/mol. The molecule has 1 unspecified atom stereocenters. The summed E-state index contributed by atoms with van der Waals surface area (Å²) >= 11 is 0. The van der Waals surface area contributed by atoms with Crippen LogP contribution in [0.3, 0.4) is 0 Å². The smallest absolute Gasteiger partial charge is 0.191 e. The zero-order valence-corrected chi connectivity index (χ0v) is 17.0. The SMILES string of the molecule is CCc1nncn1CCNC(=NC)NC1CCCN(c2cc(C)ccc2F)C1. The van der Waals surface area contributed by atoms with Crippen LogP contribution in [0.25, 0.3) is 0 Å². The van der Waals surface area contributed by atoms with Gasteiger partial charge >= 0.3 is 0 Å². The topological polar surface area (TPSA) is 70.4 Å². The summed E-state index contributed by atoms with van der Waals surface area (Å²) < 4.78 is 16.3. The summed E-state index contributed by atoms with van der Waals surface area (Å²) in [5, 5.41) is 14.9. The van der Waals surface area contributed by atoms with Gasteiger partial charge in [-0.05, 0) is 37.5 Å². The van der Waals surface area contributed by atoms with Crippen molar-refractivity contribution in [2.45, 2.75) is 45.7 Å². The van der Waals surface area contributed by atoms with E-state index >= 15 is 0 Å². The molecule has 2 N–H and O–H groups in total. The van der Waals surface area contributed by atoms with E-state index in [-0.39, 0.29) is 11.9 Å². The van der Waals surface area contributed by atoms with Crippen LogP contribution in [0.5, 0.6) is 0 Å². The fraction of sp³-hybridized carbons (Fsp3) is 0.550. The third-order valence-electron chi connectivity index (χ3n) is 5.09. The third kappa shape index (κ3) is 4.99. The molecule has 0 aliphatic carbocycles. The minimum atomic E-state index is -0.158. The summed E-state index contributed by atoms with van der Waals surface area (Å²) in [5.74, 6) is 1.59. The van der Waals surface area contributed by atoms with Crippen LogP contribution in [0.1, 0.15) is 31.2 Å². The average molecular weight is 388 g/mol. The molecule has 0 spiro atoms. The fourth-order valence-corrected chi connectivity index (χ4v) is 3.60. The maximum Gasteiger partial charge on any atom is 0.191 e. The quantitative estimate of drug-likeness (QED) is 0.587. The highest BCUT2D eigenvalue weighted by atomic mass is 19.1. The Morgan fingerprint density at radius 2 is 2.25 bits per heavy atom. The van der Waals surface area contributed by atoms with E-state index in [2.05, 4.69) is 37.6 Å². The predicted octanol–water partition coefficient (Wildman–Crippen LogP) is 2.12. The van der Waals surface area contributed by atoms with Gasteiger partial charge in [-0.3, -0.25) is 4.99 Å². The molecule has 28 heavy (non-hydrogen) atoms. The Labute approximate surface area is 166 Å². The lowest BCUT2D eigenvalue weighted by Gasteiger charge is -2.35. The number of anilines is 1. The van der Waals surface area contributed by atoms with Crippen LogP contribution in [0.15, 0.2) is 29.5 Å². The summed E-state index contributed by atoms with van der Waals surface area (Å²) in [5.41, 5.74) is 1.76. The van der Waals surface area contributed by atoms with Crippen LogP contribution >= 0.6 is 0 Å². The molecule has 0 bridgehead atoms. The van der Waals surface area contributed by atoms with Crippen molar-refractivity contribution < 1.29 is 4.39 Å². The van der Waals surface area contributed by atoms with Crippen molar-refractivity contribution >= 4 is 11.6 Å². The number of halogens is 1. The molecule has 7 nitrogen and oxygen atoms in total. The molecule has 1 atom stereocenters. The van der Waals surface area contributed by atoms with E-state index in [1.54, 1.807) is 19.4 Å². The second-order valence-corrected chi connectivity index (χ2v) is 7.18. The molecule has 2 aromatic rings. The lowest BCUT2D eigenvalue weighted by atomic mass is 10.0. The summed E-state index contributed by atoms with van der Waals surface area (Å²) in [6.07, 6.45) is 4.67.